The van der Waals surface area contributed by atoms with Crippen molar-refractivity contribution in [2.24, 2.45) is 0 Å². The molecule has 1 heterocycles. The van der Waals surface area contributed by atoms with E-state index in [0.717, 1.165) is 11.3 Å². The second kappa shape index (κ2) is 6.55. The number of tetrazole rings is 1. The van der Waals surface area contributed by atoms with Crippen LogP contribution in [0.1, 0.15) is 11.7 Å². The molecule has 112 valence electrons. The highest BCUT2D eigenvalue weighted by Crippen LogP contribution is 2.19. The van der Waals surface area contributed by atoms with E-state index in [4.69, 9.17) is 16.3 Å². The molecular formula is C15H13ClN4O2. The molecule has 0 radical (unpaired) electrons. The summed E-state index contributed by atoms with van der Waals surface area (Å²) in [6.07, 6.45) is 0.802. The third-order valence-corrected chi connectivity index (χ3v) is 3.36. The molecule has 0 saturated heterocycles. The van der Waals surface area contributed by atoms with Gasteiger partial charge in [-0.15, -0.1) is 5.10 Å². The van der Waals surface area contributed by atoms with E-state index in [1.54, 1.807) is 41.1 Å². The van der Waals surface area contributed by atoms with Crippen molar-refractivity contribution in [3.8, 4) is 11.4 Å². The van der Waals surface area contributed by atoms with Gasteiger partial charge in [-0.1, -0.05) is 23.7 Å². The van der Waals surface area contributed by atoms with Gasteiger partial charge in [0.15, 0.2) is 0 Å². The van der Waals surface area contributed by atoms with Crippen molar-refractivity contribution in [2.75, 3.05) is 6.61 Å². The van der Waals surface area contributed by atoms with Crippen LogP contribution in [-0.4, -0.2) is 31.9 Å². The molecule has 0 fully saturated rings. The molecular weight excluding hydrogens is 304 g/mol. The van der Waals surface area contributed by atoms with E-state index in [1.165, 1.54) is 6.33 Å². The lowest BCUT2D eigenvalue weighted by molar-refractivity contribution is 0.108. The van der Waals surface area contributed by atoms with Crippen molar-refractivity contribution in [1.82, 2.24) is 20.2 Å². The van der Waals surface area contributed by atoms with Crippen molar-refractivity contribution in [3.05, 3.63) is 65.4 Å². The van der Waals surface area contributed by atoms with E-state index in [2.05, 4.69) is 15.5 Å². The number of hydrogen-bond donors (Lipinski definition) is 1. The number of nitrogens with zero attached hydrogens (tertiary/aromatic N) is 4. The Bertz CT molecular complexity index is 714. The first-order valence-electron chi connectivity index (χ1n) is 6.62. The highest BCUT2D eigenvalue weighted by atomic mass is 35.5. The monoisotopic (exact) mass is 316 g/mol. The zero-order valence-electron chi connectivity index (χ0n) is 11.5. The molecule has 1 atom stereocenters. The Labute approximate surface area is 131 Å². The Morgan fingerprint density at radius 1 is 1.09 bits per heavy atom. The minimum absolute atomic E-state index is 0.159. The lowest BCUT2D eigenvalue weighted by atomic mass is 10.1. The molecule has 0 spiro atoms. The third kappa shape index (κ3) is 3.41. The molecule has 1 unspecified atom stereocenters. The predicted molar refractivity (Wildman–Crippen MR) is 81.1 cm³/mol. The van der Waals surface area contributed by atoms with E-state index in [-0.39, 0.29) is 6.61 Å². The zero-order valence-corrected chi connectivity index (χ0v) is 12.3. The molecule has 0 aliphatic heterocycles. The molecule has 3 rings (SSSR count). The van der Waals surface area contributed by atoms with Gasteiger partial charge in [-0.2, -0.15) is 0 Å². The average Bonchev–Trinajstić information content (AvgIpc) is 3.08. The van der Waals surface area contributed by atoms with Crippen molar-refractivity contribution >= 4 is 11.6 Å². The first-order valence-corrected chi connectivity index (χ1v) is 7.00. The first kappa shape index (κ1) is 14.5. The van der Waals surface area contributed by atoms with Gasteiger partial charge >= 0.3 is 0 Å². The topological polar surface area (TPSA) is 73.1 Å². The zero-order chi connectivity index (χ0) is 15.4. The molecule has 0 aliphatic carbocycles. The standard InChI is InChI=1S/C15H13ClN4O2/c16-12-3-1-11(2-4-12)15(21)9-22-14-7-5-13(6-8-14)20-10-17-18-19-20/h1-8,10,15,21H,9H2. The summed E-state index contributed by atoms with van der Waals surface area (Å²) < 4.78 is 7.13. The fraction of sp³-hybridized carbons (Fsp3) is 0.133. The molecule has 0 amide bonds. The van der Waals surface area contributed by atoms with Gasteiger partial charge in [0.25, 0.3) is 0 Å². The minimum atomic E-state index is -0.712. The van der Waals surface area contributed by atoms with E-state index < -0.39 is 6.10 Å². The van der Waals surface area contributed by atoms with Gasteiger partial charge in [0.2, 0.25) is 0 Å². The fourth-order valence-electron chi connectivity index (χ4n) is 1.93. The molecule has 1 N–H and O–H groups in total. The number of aliphatic hydroxyl groups excluding tert-OH is 1. The maximum atomic E-state index is 10.1. The van der Waals surface area contributed by atoms with Gasteiger partial charge in [0, 0.05) is 5.02 Å². The summed E-state index contributed by atoms with van der Waals surface area (Å²) in [4.78, 5) is 0. The quantitative estimate of drug-likeness (QED) is 0.782. The van der Waals surface area contributed by atoms with E-state index in [9.17, 15) is 5.11 Å². The highest BCUT2D eigenvalue weighted by Gasteiger charge is 2.08. The SMILES string of the molecule is OC(COc1ccc(-n2cnnn2)cc1)c1ccc(Cl)cc1. The summed E-state index contributed by atoms with van der Waals surface area (Å²) in [5.41, 5.74) is 1.59. The van der Waals surface area contributed by atoms with Crippen LogP contribution in [0.4, 0.5) is 0 Å². The van der Waals surface area contributed by atoms with Gasteiger partial charge in [0.05, 0.1) is 5.69 Å². The number of halogens is 1. The second-order valence-electron chi connectivity index (χ2n) is 4.63. The van der Waals surface area contributed by atoms with Gasteiger partial charge in [-0.25, -0.2) is 4.68 Å². The Morgan fingerprint density at radius 3 is 2.45 bits per heavy atom. The number of rotatable bonds is 5. The molecule has 3 aromatic rings. The molecule has 0 bridgehead atoms. The summed E-state index contributed by atoms with van der Waals surface area (Å²) >= 11 is 5.82. The number of aromatic nitrogens is 4. The van der Waals surface area contributed by atoms with Crippen molar-refractivity contribution in [1.29, 1.82) is 0 Å². The normalized spacial score (nSPS) is 12.1. The van der Waals surface area contributed by atoms with Crippen LogP contribution >= 0.6 is 11.6 Å². The summed E-state index contributed by atoms with van der Waals surface area (Å²) in [5, 5.41) is 21.7. The second-order valence-corrected chi connectivity index (χ2v) is 5.06. The number of benzene rings is 2. The average molecular weight is 317 g/mol. The first-order chi connectivity index (χ1) is 10.7. The highest BCUT2D eigenvalue weighted by molar-refractivity contribution is 6.30. The van der Waals surface area contributed by atoms with Crippen molar-refractivity contribution < 1.29 is 9.84 Å². The van der Waals surface area contributed by atoms with Crippen LogP contribution < -0.4 is 4.74 Å². The Morgan fingerprint density at radius 2 is 1.82 bits per heavy atom. The van der Waals surface area contributed by atoms with Crippen molar-refractivity contribution in [3.63, 3.8) is 0 Å². The molecule has 1 aromatic heterocycles. The van der Waals surface area contributed by atoms with Crippen LogP contribution in [0.15, 0.2) is 54.9 Å². The van der Waals surface area contributed by atoms with E-state index >= 15 is 0 Å². The van der Waals surface area contributed by atoms with Crippen LogP contribution in [0.3, 0.4) is 0 Å². The molecule has 0 aliphatic rings. The largest absolute Gasteiger partial charge is 0.491 e. The minimum Gasteiger partial charge on any atom is -0.491 e. The van der Waals surface area contributed by atoms with Crippen LogP contribution in [0, 0.1) is 0 Å². The summed E-state index contributed by atoms with van der Waals surface area (Å²) in [6, 6.07) is 14.3. The lowest BCUT2D eigenvalue weighted by Gasteiger charge is -2.13. The number of hydrogen-bond acceptors (Lipinski definition) is 5. The molecule has 0 saturated carbocycles. The van der Waals surface area contributed by atoms with E-state index in [1.807, 2.05) is 12.1 Å². The lowest BCUT2D eigenvalue weighted by Crippen LogP contribution is -2.09. The van der Waals surface area contributed by atoms with Crippen LogP contribution in [0.2, 0.25) is 5.02 Å². The molecule has 7 heteroatoms. The molecule has 2 aromatic carbocycles. The summed E-state index contributed by atoms with van der Waals surface area (Å²) in [7, 11) is 0. The number of ether oxygens (including phenoxy) is 1. The Hall–Kier alpha value is -2.44. The van der Waals surface area contributed by atoms with Gasteiger partial charge in [-0.3, -0.25) is 0 Å². The van der Waals surface area contributed by atoms with E-state index in [0.29, 0.717) is 10.8 Å². The summed E-state index contributed by atoms with van der Waals surface area (Å²) in [6.45, 7) is 0.159. The van der Waals surface area contributed by atoms with Gasteiger partial charge < -0.3 is 9.84 Å². The maximum Gasteiger partial charge on any atom is 0.143 e. The smallest absolute Gasteiger partial charge is 0.143 e. The molecule has 6 nitrogen and oxygen atoms in total. The van der Waals surface area contributed by atoms with Crippen LogP contribution in [0.25, 0.3) is 5.69 Å². The fourth-order valence-corrected chi connectivity index (χ4v) is 2.06. The Balaban J connectivity index is 1.60. The Kier molecular flexibility index (Phi) is 4.32. The van der Waals surface area contributed by atoms with Gasteiger partial charge in [-0.05, 0) is 52.4 Å². The molecule has 22 heavy (non-hydrogen) atoms. The number of aliphatic hydroxyl groups is 1. The van der Waals surface area contributed by atoms with Crippen LogP contribution in [-0.2, 0) is 0 Å². The van der Waals surface area contributed by atoms with Crippen LogP contribution in [0.5, 0.6) is 5.75 Å². The van der Waals surface area contributed by atoms with Gasteiger partial charge in [0.1, 0.15) is 24.8 Å². The maximum absolute atomic E-state index is 10.1. The predicted octanol–water partition coefficient (Wildman–Crippen LogP) is 2.43. The third-order valence-electron chi connectivity index (χ3n) is 3.11. The summed E-state index contributed by atoms with van der Waals surface area (Å²) in [5.74, 6) is 0.657. The van der Waals surface area contributed by atoms with Crippen molar-refractivity contribution in [2.45, 2.75) is 6.10 Å².